The Morgan fingerprint density at radius 1 is 0.818 bits per heavy atom. The predicted octanol–water partition coefficient (Wildman–Crippen LogP) is 2.68. The first-order valence-electron chi connectivity index (χ1n) is 11.6. The average Bonchev–Trinajstić information content (AvgIpc) is 2.80. The molecule has 3 aliphatic heterocycles. The lowest BCUT2D eigenvalue weighted by molar-refractivity contribution is -0.119. The summed E-state index contributed by atoms with van der Waals surface area (Å²) in [6.07, 6.45) is 2.64. The van der Waals surface area contributed by atoms with Crippen LogP contribution in [0.25, 0.3) is 0 Å². The first kappa shape index (κ1) is 22.1. The normalized spacial score (nSPS) is 18.9. The highest BCUT2D eigenvalue weighted by molar-refractivity contribution is 7.89. The number of rotatable bonds is 3. The highest BCUT2D eigenvalue weighted by atomic mass is 32.2. The fraction of sp³-hybridized carbons (Fsp3) is 0.440. The van der Waals surface area contributed by atoms with E-state index in [1.807, 2.05) is 36.9 Å². The van der Waals surface area contributed by atoms with Gasteiger partial charge in [-0.3, -0.25) is 9.59 Å². The van der Waals surface area contributed by atoms with Gasteiger partial charge in [0.1, 0.15) is 0 Å². The molecule has 0 atom stereocenters. The van der Waals surface area contributed by atoms with Gasteiger partial charge in [0.25, 0.3) is 5.91 Å². The van der Waals surface area contributed by atoms with Gasteiger partial charge in [-0.05, 0) is 68.5 Å². The fourth-order valence-corrected chi connectivity index (χ4v) is 6.86. The van der Waals surface area contributed by atoms with E-state index in [0.29, 0.717) is 42.9 Å². The maximum absolute atomic E-state index is 13.5. The molecule has 3 heterocycles. The topological polar surface area (TPSA) is 78.0 Å². The molecule has 174 valence electrons. The Kier molecular flexibility index (Phi) is 5.53. The minimum atomic E-state index is -3.67. The van der Waals surface area contributed by atoms with Gasteiger partial charge in [0.05, 0.1) is 10.6 Å². The van der Waals surface area contributed by atoms with Gasteiger partial charge >= 0.3 is 0 Å². The average molecular weight is 468 g/mol. The molecule has 1 saturated heterocycles. The van der Waals surface area contributed by atoms with Crippen molar-refractivity contribution in [2.45, 2.75) is 44.4 Å². The number of piperazine rings is 1. The smallest absolute Gasteiger partial charge is 0.253 e. The van der Waals surface area contributed by atoms with Crippen LogP contribution < -0.4 is 4.90 Å². The molecule has 0 aromatic heterocycles. The van der Waals surface area contributed by atoms with E-state index in [0.717, 1.165) is 40.8 Å². The van der Waals surface area contributed by atoms with Crippen molar-refractivity contribution >= 4 is 27.5 Å². The number of aryl methyl sites for hydroxylation is 4. The zero-order valence-corrected chi connectivity index (χ0v) is 20.0. The Balaban J connectivity index is 1.35. The van der Waals surface area contributed by atoms with Crippen LogP contribution >= 0.6 is 0 Å². The number of hydrogen-bond donors (Lipinski definition) is 0. The second kappa shape index (κ2) is 8.25. The summed E-state index contributed by atoms with van der Waals surface area (Å²) in [6.45, 7) is 5.92. The number of carbonyl (C=O) groups is 2. The molecule has 8 heteroatoms. The molecule has 0 spiro atoms. The molecule has 0 unspecified atom stereocenters. The van der Waals surface area contributed by atoms with Gasteiger partial charge in [0.15, 0.2) is 0 Å². The largest absolute Gasteiger partial charge is 0.336 e. The van der Waals surface area contributed by atoms with Crippen LogP contribution in [0.4, 0.5) is 5.69 Å². The maximum Gasteiger partial charge on any atom is 0.253 e. The lowest BCUT2D eigenvalue weighted by atomic mass is 9.92. The summed E-state index contributed by atoms with van der Waals surface area (Å²) in [4.78, 5) is 29.1. The van der Waals surface area contributed by atoms with Crippen LogP contribution in [0.2, 0.25) is 0 Å². The highest BCUT2D eigenvalue weighted by Gasteiger charge is 2.34. The first-order chi connectivity index (χ1) is 15.7. The van der Waals surface area contributed by atoms with Crippen molar-refractivity contribution in [1.82, 2.24) is 9.21 Å². The second-order valence-corrected chi connectivity index (χ2v) is 11.2. The molecule has 7 nitrogen and oxygen atoms in total. The maximum atomic E-state index is 13.5. The molecule has 0 aliphatic carbocycles. The fourth-order valence-electron chi connectivity index (χ4n) is 5.33. The van der Waals surface area contributed by atoms with Gasteiger partial charge < -0.3 is 9.80 Å². The van der Waals surface area contributed by atoms with E-state index in [-0.39, 0.29) is 24.9 Å². The van der Waals surface area contributed by atoms with Crippen molar-refractivity contribution in [3.05, 3.63) is 58.1 Å². The summed E-state index contributed by atoms with van der Waals surface area (Å²) in [7, 11) is -3.67. The van der Waals surface area contributed by atoms with E-state index in [2.05, 4.69) is 0 Å². The number of benzene rings is 2. The lowest BCUT2D eigenvalue weighted by Crippen LogP contribution is -2.50. The summed E-state index contributed by atoms with van der Waals surface area (Å²) < 4.78 is 28.5. The molecule has 0 bridgehead atoms. The van der Waals surface area contributed by atoms with Crippen LogP contribution in [0, 0.1) is 13.8 Å². The van der Waals surface area contributed by atoms with Crippen molar-refractivity contribution in [2.75, 3.05) is 37.6 Å². The van der Waals surface area contributed by atoms with Gasteiger partial charge in [0, 0.05) is 44.7 Å². The lowest BCUT2D eigenvalue weighted by Gasteiger charge is -2.37. The SMILES string of the molecule is Cc1cc(C)cc(C(=O)N2CCN(S(=O)(=O)c3cc4c5c(c3)CCC(=O)N5CCC4)CC2)c1. The minimum absolute atomic E-state index is 0.0539. The number of anilines is 1. The molecule has 1 fully saturated rings. The van der Waals surface area contributed by atoms with Crippen LogP contribution in [0.5, 0.6) is 0 Å². The Labute approximate surface area is 195 Å². The molecule has 0 saturated carbocycles. The molecule has 3 aliphatic rings. The molecular formula is C25H29N3O4S. The van der Waals surface area contributed by atoms with Crippen LogP contribution in [0.1, 0.15) is 45.5 Å². The van der Waals surface area contributed by atoms with Crippen LogP contribution in [-0.4, -0.2) is 62.2 Å². The zero-order valence-electron chi connectivity index (χ0n) is 19.1. The Hall–Kier alpha value is -2.71. The van der Waals surface area contributed by atoms with Gasteiger partial charge in [-0.25, -0.2) is 8.42 Å². The van der Waals surface area contributed by atoms with Crippen molar-refractivity contribution in [3.8, 4) is 0 Å². The molecule has 2 aromatic rings. The third kappa shape index (κ3) is 3.95. The van der Waals surface area contributed by atoms with E-state index >= 15 is 0 Å². The standard InChI is InChI=1S/C25H29N3O4S/c1-17-12-18(2)14-21(13-17)25(30)26-8-10-27(11-9-26)33(31,32)22-15-19-4-3-7-28-23(29)6-5-20(16-22)24(19)28/h12-16H,3-11H2,1-2H3. The van der Waals surface area contributed by atoms with Crippen molar-refractivity contribution in [1.29, 1.82) is 0 Å². The summed E-state index contributed by atoms with van der Waals surface area (Å²) in [5.41, 5.74) is 5.56. The highest BCUT2D eigenvalue weighted by Crippen LogP contribution is 2.38. The van der Waals surface area contributed by atoms with Gasteiger partial charge in [-0.15, -0.1) is 0 Å². The molecule has 5 rings (SSSR count). The van der Waals surface area contributed by atoms with Crippen molar-refractivity contribution in [3.63, 3.8) is 0 Å². The van der Waals surface area contributed by atoms with E-state index < -0.39 is 10.0 Å². The zero-order chi connectivity index (χ0) is 23.3. The van der Waals surface area contributed by atoms with Gasteiger partial charge in [-0.1, -0.05) is 17.2 Å². The van der Waals surface area contributed by atoms with Gasteiger partial charge in [0.2, 0.25) is 15.9 Å². The van der Waals surface area contributed by atoms with Crippen LogP contribution in [0.3, 0.4) is 0 Å². The summed E-state index contributed by atoms with van der Waals surface area (Å²) in [6, 6.07) is 9.30. The number of nitrogens with zero attached hydrogens (tertiary/aromatic N) is 3. The second-order valence-electron chi connectivity index (χ2n) is 9.31. The third-order valence-corrected chi connectivity index (χ3v) is 8.76. The van der Waals surface area contributed by atoms with Crippen molar-refractivity contribution < 1.29 is 18.0 Å². The summed E-state index contributed by atoms with van der Waals surface area (Å²) in [5.74, 6) is 0.0745. The predicted molar refractivity (Wildman–Crippen MR) is 126 cm³/mol. The summed E-state index contributed by atoms with van der Waals surface area (Å²) in [5, 5.41) is 0. The number of amides is 2. The van der Waals surface area contributed by atoms with Gasteiger partial charge in [-0.2, -0.15) is 4.31 Å². The van der Waals surface area contributed by atoms with E-state index in [4.69, 9.17) is 0 Å². The minimum Gasteiger partial charge on any atom is -0.336 e. The molecular weight excluding hydrogens is 438 g/mol. The molecule has 2 amide bonds. The summed E-state index contributed by atoms with van der Waals surface area (Å²) >= 11 is 0. The molecule has 0 radical (unpaired) electrons. The Morgan fingerprint density at radius 2 is 1.45 bits per heavy atom. The Bertz CT molecular complexity index is 1210. The van der Waals surface area contributed by atoms with E-state index in [9.17, 15) is 18.0 Å². The molecule has 2 aromatic carbocycles. The first-order valence-corrected chi connectivity index (χ1v) is 13.0. The number of sulfonamides is 1. The van der Waals surface area contributed by atoms with E-state index in [1.165, 1.54) is 4.31 Å². The quantitative estimate of drug-likeness (QED) is 0.695. The number of carbonyl (C=O) groups excluding carboxylic acids is 2. The van der Waals surface area contributed by atoms with Crippen LogP contribution in [0.15, 0.2) is 35.2 Å². The Morgan fingerprint density at radius 3 is 2.12 bits per heavy atom. The van der Waals surface area contributed by atoms with E-state index in [1.54, 1.807) is 17.0 Å². The molecule has 0 N–H and O–H groups in total. The van der Waals surface area contributed by atoms with Crippen LogP contribution in [-0.2, 0) is 27.7 Å². The molecule has 33 heavy (non-hydrogen) atoms. The number of hydrogen-bond acceptors (Lipinski definition) is 4. The third-order valence-electron chi connectivity index (χ3n) is 6.88. The van der Waals surface area contributed by atoms with Crippen molar-refractivity contribution in [2.24, 2.45) is 0 Å². The monoisotopic (exact) mass is 467 g/mol.